The number of aryl methyl sites for hydroxylation is 1. The average molecular weight is 406 g/mol. The van der Waals surface area contributed by atoms with Crippen LogP contribution in [0, 0.1) is 0 Å². The summed E-state index contributed by atoms with van der Waals surface area (Å²) in [6, 6.07) is 16.6. The summed E-state index contributed by atoms with van der Waals surface area (Å²) in [6.07, 6.45) is 1.44. The van der Waals surface area contributed by atoms with Gasteiger partial charge in [0.15, 0.2) is 0 Å². The van der Waals surface area contributed by atoms with Crippen LogP contribution in [-0.4, -0.2) is 40.1 Å². The van der Waals surface area contributed by atoms with Crippen LogP contribution in [0.2, 0.25) is 0 Å². The molecule has 0 saturated carbocycles. The molecule has 1 aromatic heterocycles. The highest BCUT2D eigenvalue weighted by atomic mass is 16.5. The van der Waals surface area contributed by atoms with Crippen molar-refractivity contribution in [2.24, 2.45) is 0 Å². The molecule has 1 atom stereocenters. The number of fused-ring (bicyclic) bond motifs is 1. The molecule has 0 aliphatic carbocycles. The molecule has 5 heteroatoms. The van der Waals surface area contributed by atoms with E-state index in [4.69, 9.17) is 9.72 Å². The molecule has 1 unspecified atom stereocenters. The van der Waals surface area contributed by atoms with Crippen molar-refractivity contribution in [3.8, 4) is 5.75 Å². The van der Waals surface area contributed by atoms with E-state index in [1.807, 2.05) is 17.9 Å². The van der Waals surface area contributed by atoms with E-state index < -0.39 is 0 Å². The van der Waals surface area contributed by atoms with E-state index >= 15 is 0 Å². The quantitative estimate of drug-likeness (QED) is 0.498. The number of aromatic nitrogens is 2. The van der Waals surface area contributed by atoms with E-state index in [0.29, 0.717) is 18.9 Å². The van der Waals surface area contributed by atoms with Crippen molar-refractivity contribution in [3.05, 3.63) is 59.9 Å². The molecule has 0 radical (unpaired) electrons. The van der Waals surface area contributed by atoms with Gasteiger partial charge in [-0.3, -0.25) is 4.79 Å². The maximum atomic E-state index is 12.3. The van der Waals surface area contributed by atoms with Gasteiger partial charge in [0, 0.05) is 32.0 Å². The summed E-state index contributed by atoms with van der Waals surface area (Å²) < 4.78 is 8.26. The Balaban J connectivity index is 1.45. The largest absolute Gasteiger partial charge is 0.494 e. The summed E-state index contributed by atoms with van der Waals surface area (Å²) in [5.41, 5.74) is 3.46. The van der Waals surface area contributed by atoms with E-state index in [1.165, 1.54) is 5.56 Å². The van der Waals surface area contributed by atoms with Crippen LogP contribution >= 0.6 is 0 Å². The molecule has 1 amide bonds. The van der Waals surface area contributed by atoms with Crippen LogP contribution < -0.4 is 4.74 Å². The first-order valence-corrected chi connectivity index (χ1v) is 11.0. The van der Waals surface area contributed by atoms with Gasteiger partial charge in [-0.25, -0.2) is 4.98 Å². The molecule has 4 rings (SSSR count). The molecule has 30 heavy (non-hydrogen) atoms. The van der Waals surface area contributed by atoms with Gasteiger partial charge in [0.05, 0.1) is 17.6 Å². The van der Waals surface area contributed by atoms with Gasteiger partial charge in [-0.2, -0.15) is 0 Å². The molecule has 0 N–H and O–H groups in total. The third-order valence-corrected chi connectivity index (χ3v) is 5.99. The molecule has 0 bridgehead atoms. The standard InChI is InChI=1S/C25H31N3O2/c1-4-27-17-20(16-24(27)29)25-26-22-8-5-6-9-23(22)28(25)14-7-15-30-21-12-10-19(11-13-21)18(2)3/h5-6,8-13,18,20H,4,7,14-17H2,1-3H3. The highest BCUT2D eigenvalue weighted by Gasteiger charge is 2.33. The van der Waals surface area contributed by atoms with Crippen LogP contribution in [0.3, 0.4) is 0 Å². The number of ether oxygens (including phenoxy) is 1. The predicted molar refractivity (Wildman–Crippen MR) is 120 cm³/mol. The molecule has 1 saturated heterocycles. The van der Waals surface area contributed by atoms with Gasteiger partial charge in [0.2, 0.25) is 5.91 Å². The van der Waals surface area contributed by atoms with Crippen LogP contribution in [0.15, 0.2) is 48.5 Å². The lowest BCUT2D eigenvalue weighted by Crippen LogP contribution is -2.24. The fourth-order valence-corrected chi connectivity index (χ4v) is 4.25. The molecule has 2 aromatic carbocycles. The number of carbonyl (C=O) groups excluding carboxylic acids is 1. The van der Waals surface area contributed by atoms with Gasteiger partial charge in [0.25, 0.3) is 0 Å². The molecular formula is C25H31N3O2. The zero-order chi connectivity index (χ0) is 21.1. The average Bonchev–Trinajstić information content (AvgIpc) is 3.31. The molecule has 0 spiro atoms. The van der Waals surface area contributed by atoms with Gasteiger partial charge in [0.1, 0.15) is 11.6 Å². The molecule has 1 fully saturated rings. The van der Waals surface area contributed by atoms with Crippen molar-refractivity contribution in [1.29, 1.82) is 0 Å². The number of benzene rings is 2. The zero-order valence-electron chi connectivity index (χ0n) is 18.2. The number of carbonyl (C=O) groups is 1. The van der Waals surface area contributed by atoms with Crippen molar-refractivity contribution >= 4 is 16.9 Å². The Morgan fingerprint density at radius 3 is 2.60 bits per heavy atom. The Morgan fingerprint density at radius 1 is 1.13 bits per heavy atom. The lowest BCUT2D eigenvalue weighted by molar-refractivity contribution is -0.127. The number of para-hydroxylation sites is 2. The summed E-state index contributed by atoms with van der Waals surface area (Å²) >= 11 is 0. The number of imidazole rings is 1. The molecule has 158 valence electrons. The van der Waals surface area contributed by atoms with Gasteiger partial charge in [-0.05, 0) is 49.1 Å². The van der Waals surface area contributed by atoms with Crippen molar-refractivity contribution in [2.75, 3.05) is 19.7 Å². The van der Waals surface area contributed by atoms with Crippen molar-refractivity contribution < 1.29 is 9.53 Å². The molecule has 1 aliphatic heterocycles. The monoisotopic (exact) mass is 405 g/mol. The minimum absolute atomic E-state index is 0.161. The summed E-state index contributed by atoms with van der Waals surface area (Å²) in [5.74, 6) is 2.86. The highest BCUT2D eigenvalue weighted by Crippen LogP contribution is 2.30. The molecule has 5 nitrogen and oxygen atoms in total. The maximum absolute atomic E-state index is 12.3. The fourth-order valence-electron chi connectivity index (χ4n) is 4.25. The Hall–Kier alpha value is -2.82. The van der Waals surface area contributed by atoms with Crippen LogP contribution in [0.25, 0.3) is 11.0 Å². The molecular weight excluding hydrogens is 374 g/mol. The topological polar surface area (TPSA) is 47.4 Å². The van der Waals surface area contributed by atoms with E-state index in [9.17, 15) is 4.79 Å². The van der Waals surface area contributed by atoms with Crippen molar-refractivity contribution in [2.45, 2.75) is 52.0 Å². The Morgan fingerprint density at radius 2 is 1.90 bits per heavy atom. The highest BCUT2D eigenvalue weighted by molar-refractivity contribution is 5.80. The van der Waals surface area contributed by atoms with E-state index in [1.54, 1.807) is 0 Å². The third kappa shape index (κ3) is 4.20. The summed E-state index contributed by atoms with van der Waals surface area (Å²) in [4.78, 5) is 19.1. The van der Waals surface area contributed by atoms with E-state index in [0.717, 1.165) is 48.7 Å². The second-order valence-electron chi connectivity index (χ2n) is 8.37. The number of likely N-dealkylation sites (N-methyl/N-ethyl adjacent to an activating group) is 1. The van der Waals surface area contributed by atoms with E-state index in [2.05, 4.69) is 60.9 Å². The third-order valence-electron chi connectivity index (χ3n) is 5.99. The van der Waals surface area contributed by atoms with Crippen LogP contribution in [0.5, 0.6) is 5.75 Å². The van der Waals surface area contributed by atoms with E-state index in [-0.39, 0.29) is 11.8 Å². The minimum atomic E-state index is 0.161. The number of rotatable bonds is 8. The van der Waals surface area contributed by atoms with Gasteiger partial charge >= 0.3 is 0 Å². The summed E-state index contributed by atoms with van der Waals surface area (Å²) in [7, 11) is 0. The number of amides is 1. The lowest BCUT2D eigenvalue weighted by atomic mass is 10.0. The first-order valence-electron chi connectivity index (χ1n) is 11.0. The van der Waals surface area contributed by atoms with Crippen LogP contribution in [0.1, 0.15) is 56.8 Å². The number of hydrogen-bond acceptors (Lipinski definition) is 3. The molecule has 2 heterocycles. The predicted octanol–water partition coefficient (Wildman–Crippen LogP) is 4.96. The first-order chi connectivity index (χ1) is 14.6. The lowest BCUT2D eigenvalue weighted by Gasteiger charge is -2.15. The zero-order valence-corrected chi connectivity index (χ0v) is 18.2. The summed E-state index contributed by atoms with van der Waals surface area (Å²) in [6.45, 7) is 9.43. The minimum Gasteiger partial charge on any atom is -0.494 e. The smallest absolute Gasteiger partial charge is 0.223 e. The summed E-state index contributed by atoms with van der Waals surface area (Å²) in [5, 5.41) is 0. The Bertz CT molecular complexity index is 1010. The second kappa shape index (κ2) is 8.90. The molecule has 1 aliphatic rings. The van der Waals surface area contributed by atoms with Crippen molar-refractivity contribution in [1.82, 2.24) is 14.5 Å². The Labute approximate surface area is 178 Å². The second-order valence-corrected chi connectivity index (χ2v) is 8.37. The SMILES string of the molecule is CCN1CC(c2nc3ccccc3n2CCCOc2ccc(C(C)C)cc2)CC1=O. The van der Waals surface area contributed by atoms with Crippen LogP contribution in [-0.2, 0) is 11.3 Å². The molecule has 3 aromatic rings. The van der Waals surface area contributed by atoms with Gasteiger partial charge in [-0.1, -0.05) is 38.1 Å². The van der Waals surface area contributed by atoms with Gasteiger partial charge in [-0.15, -0.1) is 0 Å². The Kier molecular flexibility index (Phi) is 6.07. The number of likely N-dealkylation sites (tertiary alicyclic amines) is 1. The number of nitrogens with zero attached hydrogens (tertiary/aromatic N) is 3. The van der Waals surface area contributed by atoms with Gasteiger partial charge < -0.3 is 14.2 Å². The van der Waals surface area contributed by atoms with Crippen molar-refractivity contribution in [3.63, 3.8) is 0 Å². The normalized spacial score (nSPS) is 16.7. The first kappa shape index (κ1) is 20.5. The fraction of sp³-hybridized carbons (Fsp3) is 0.440. The number of hydrogen-bond donors (Lipinski definition) is 0. The maximum Gasteiger partial charge on any atom is 0.223 e. The van der Waals surface area contributed by atoms with Crippen LogP contribution in [0.4, 0.5) is 0 Å².